The maximum atomic E-state index is 10.7. The summed E-state index contributed by atoms with van der Waals surface area (Å²) in [6, 6.07) is 0. The Balaban J connectivity index is 3.68. The third-order valence-corrected chi connectivity index (χ3v) is 0.898. The van der Waals surface area contributed by atoms with Gasteiger partial charge in [-0.15, -0.1) is 0 Å². The van der Waals surface area contributed by atoms with Crippen molar-refractivity contribution in [2.24, 2.45) is 0 Å². The molecule has 0 aliphatic heterocycles. The number of hydrogen-bond acceptors (Lipinski definition) is 3. The van der Waals surface area contributed by atoms with Gasteiger partial charge >= 0.3 is 11.9 Å². The fourth-order valence-electron chi connectivity index (χ4n) is 0.528. The zero-order valence-corrected chi connectivity index (χ0v) is 7.11. The molecule has 0 aromatic heterocycles. The fraction of sp³-hybridized carbons (Fsp3) is 0.500. The number of carboxylic acids is 1. The molecule has 0 saturated carbocycles. The van der Waals surface area contributed by atoms with E-state index in [1.54, 1.807) is 13.8 Å². The molecule has 0 rings (SSSR count). The molecular formula is C8H12O4. The highest BCUT2D eigenvalue weighted by atomic mass is 16.5. The van der Waals surface area contributed by atoms with Crippen molar-refractivity contribution in [2.75, 3.05) is 0 Å². The van der Waals surface area contributed by atoms with Gasteiger partial charge < -0.3 is 9.84 Å². The smallest absolute Gasteiger partial charge is 0.330 e. The number of carbonyl (C=O) groups is 2. The Morgan fingerprint density at radius 1 is 1.50 bits per heavy atom. The van der Waals surface area contributed by atoms with Crippen molar-refractivity contribution < 1.29 is 19.4 Å². The van der Waals surface area contributed by atoms with E-state index in [9.17, 15) is 9.59 Å². The molecule has 0 heterocycles. The van der Waals surface area contributed by atoms with Gasteiger partial charge in [-0.3, -0.25) is 4.79 Å². The van der Waals surface area contributed by atoms with Crippen LogP contribution in [0.4, 0.5) is 0 Å². The topological polar surface area (TPSA) is 63.6 Å². The second-order valence-corrected chi connectivity index (χ2v) is 2.49. The first-order valence-corrected chi connectivity index (χ1v) is 3.61. The highest BCUT2D eigenvalue weighted by Gasteiger charge is 1.99. The van der Waals surface area contributed by atoms with Crippen LogP contribution < -0.4 is 0 Å². The molecular weight excluding hydrogens is 160 g/mol. The fourth-order valence-corrected chi connectivity index (χ4v) is 0.528. The number of aliphatic carboxylic acids is 1. The van der Waals surface area contributed by atoms with Gasteiger partial charge in [-0.05, 0) is 13.8 Å². The van der Waals surface area contributed by atoms with Gasteiger partial charge in [0.1, 0.15) is 0 Å². The molecule has 0 spiro atoms. The van der Waals surface area contributed by atoms with E-state index in [2.05, 4.69) is 0 Å². The van der Waals surface area contributed by atoms with Crippen LogP contribution >= 0.6 is 0 Å². The Labute approximate surface area is 70.8 Å². The van der Waals surface area contributed by atoms with E-state index in [4.69, 9.17) is 9.84 Å². The van der Waals surface area contributed by atoms with Crippen molar-refractivity contribution in [1.82, 2.24) is 0 Å². The van der Waals surface area contributed by atoms with Gasteiger partial charge in [0.2, 0.25) is 0 Å². The Morgan fingerprint density at radius 3 is 2.50 bits per heavy atom. The lowest BCUT2D eigenvalue weighted by molar-refractivity contribution is -0.141. The maximum absolute atomic E-state index is 10.7. The molecule has 0 aromatic rings. The third kappa shape index (κ3) is 6.80. The van der Waals surface area contributed by atoms with Gasteiger partial charge in [0, 0.05) is 6.08 Å². The van der Waals surface area contributed by atoms with E-state index in [0.717, 1.165) is 6.08 Å². The van der Waals surface area contributed by atoms with E-state index in [1.807, 2.05) is 0 Å². The summed E-state index contributed by atoms with van der Waals surface area (Å²) in [4.78, 5) is 20.7. The Bertz CT molecular complexity index is 193. The number of carbonyl (C=O) groups excluding carboxylic acids is 1. The third-order valence-electron chi connectivity index (χ3n) is 0.898. The van der Waals surface area contributed by atoms with Gasteiger partial charge in [-0.25, -0.2) is 4.79 Å². The number of hydrogen-bond donors (Lipinski definition) is 1. The molecule has 0 aromatic carbocycles. The second kappa shape index (κ2) is 5.35. The van der Waals surface area contributed by atoms with E-state index in [-0.39, 0.29) is 12.5 Å². The van der Waals surface area contributed by atoms with E-state index in [0.29, 0.717) is 0 Å². The van der Waals surface area contributed by atoms with Crippen LogP contribution in [0.5, 0.6) is 0 Å². The van der Waals surface area contributed by atoms with Crippen LogP contribution in [0.2, 0.25) is 0 Å². The van der Waals surface area contributed by atoms with Gasteiger partial charge in [0.05, 0.1) is 12.5 Å². The maximum Gasteiger partial charge on any atom is 0.330 e. The SMILES string of the molecule is CC(C)OC(=O)/C=C/CC(=O)O. The summed E-state index contributed by atoms with van der Waals surface area (Å²) in [6.07, 6.45) is 2.04. The average molecular weight is 172 g/mol. The van der Waals surface area contributed by atoms with Crippen LogP contribution in [-0.2, 0) is 14.3 Å². The van der Waals surface area contributed by atoms with E-state index in [1.165, 1.54) is 6.08 Å². The molecule has 0 aliphatic carbocycles. The molecule has 0 atom stereocenters. The molecule has 0 amide bonds. The molecule has 4 nitrogen and oxygen atoms in total. The minimum atomic E-state index is -0.969. The molecule has 4 heteroatoms. The molecule has 0 radical (unpaired) electrons. The molecule has 12 heavy (non-hydrogen) atoms. The minimum absolute atomic E-state index is 0.160. The molecule has 0 fully saturated rings. The van der Waals surface area contributed by atoms with Gasteiger partial charge in [0.25, 0.3) is 0 Å². The molecule has 0 aliphatic rings. The first kappa shape index (κ1) is 10.7. The van der Waals surface area contributed by atoms with E-state index < -0.39 is 11.9 Å². The average Bonchev–Trinajstić information content (AvgIpc) is 1.84. The van der Waals surface area contributed by atoms with Crippen LogP contribution in [-0.4, -0.2) is 23.1 Å². The van der Waals surface area contributed by atoms with Crippen LogP contribution in [0.3, 0.4) is 0 Å². The quantitative estimate of drug-likeness (QED) is 0.507. The van der Waals surface area contributed by atoms with Crippen LogP contribution in [0, 0.1) is 0 Å². The van der Waals surface area contributed by atoms with Crippen LogP contribution in [0.15, 0.2) is 12.2 Å². The van der Waals surface area contributed by atoms with Gasteiger partial charge in [0.15, 0.2) is 0 Å². The summed E-state index contributed by atoms with van der Waals surface area (Å²) in [5.74, 6) is -1.48. The Hall–Kier alpha value is -1.32. The summed E-state index contributed by atoms with van der Waals surface area (Å²) in [7, 11) is 0. The monoisotopic (exact) mass is 172 g/mol. The summed E-state index contributed by atoms with van der Waals surface area (Å²) in [5, 5.41) is 8.20. The lowest BCUT2D eigenvalue weighted by Gasteiger charge is -2.03. The lowest BCUT2D eigenvalue weighted by Crippen LogP contribution is -2.08. The lowest BCUT2D eigenvalue weighted by atomic mass is 10.4. The number of carboxylic acid groups (broad SMARTS) is 1. The zero-order chi connectivity index (χ0) is 9.56. The molecule has 0 bridgehead atoms. The normalized spacial score (nSPS) is 10.6. The Kier molecular flexibility index (Phi) is 4.76. The standard InChI is InChI=1S/C8H12O4/c1-6(2)12-8(11)5-3-4-7(9)10/h3,5-6H,4H2,1-2H3,(H,9,10)/b5-3+. The van der Waals surface area contributed by atoms with Crippen molar-refractivity contribution in [3.8, 4) is 0 Å². The summed E-state index contributed by atoms with van der Waals surface area (Å²) < 4.78 is 4.71. The first-order valence-electron chi connectivity index (χ1n) is 3.61. The molecule has 0 unspecified atom stereocenters. The zero-order valence-electron chi connectivity index (χ0n) is 7.11. The first-order chi connectivity index (χ1) is 5.52. The van der Waals surface area contributed by atoms with Crippen molar-refractivity contribution in [1.29, 1.82) is 0 Å². The number of rotatable bonds is 4. The molecule has 68 valence electrons. The number of ether oxygens (including phenoxy) is 1. The molecule has 1 N–H and O–H groups in total. The number of esters is 1. The second-order valence-electron chi connectivity index (χ2n) is 2.49. The van der Waals surface area contributed by atoms with Crippen molar-refractivity contribution in [3.63, 3.8) is 0 Å². The summed E-state index contributed by atoms with van der Waals surface area (Å²) in [6.45, 7) is 3.45. The summed E-state index contributed by atoms with van der Waals surface area (Å²) in [5.41, 5.74) is 0. The van der Waals surface area contributed by atoms with Crippen molar-refractivity contribution in [3.05, 3.63) is 12.2 Å². The predicted octanol–water partition coefficient (Wildman–Crippen LogP) is 0.969. The van der Waals surface area contributed by atoms with Crippen molar-refractivity contribution in [2.45, 2.75) is 26.4 Å². The predicted molar refractivity (Wildman–Crippen MR) is 42.6 cm³/mol. The van der Waals surface area contributed by atoms with Gasteiger partial charge in [-0.2, -0.15) is 0 Å². The Morgan fingerprint density at radius 2 is 2.08 bits per heavy atom. The highest BCUT2D eigenvalue weighted by Crippen LogP contribution is 1.91. The van der Waals surface area contributed by atoms with Crippen molar-refractivity contribution >= 4 is 11.9 Å². The molecule has 0 saturated heterocycles. The van der Waals surface area contributed by atoms with Gasteiger partial charge in [-0.1, -0.05) is 6.08 Å². The van der Waals surface area contributed by atoms with E-state index >= 15 is 0 Å². The minimum Gasteiger partial charge on any atom is -0.481 e. The largest absolute Gasteiger partial charge is 0.481 e. The summed E-state index contributed by atoms with van der Waals surface area (Å²) >= 11 is 0. The highest BCUT2D eigenvalue weighted by molar-refractivity contribution is 5.83. The van der Waals surface area contributed by atoms with Crippen LogP contribution in [0.1, 0.15) is 20.3 Å². The van der Waals surface area contributed by atoms with Crippen LogP contribution in [0.25, 0.3) is 0 Å².